The Labute approximate surface area is 188 Å². The maximum Gasteiger partial charge on any atom is 0.260 e. The fourth-order valence-electron chi connectivity index (χ4n) is 3.44. The summed E-state index contributed by atoms with van der Waals surface area (Å²) in [5.74, 6) is -0.0415. The maximum atomic E-state index is 13.6. The lowest BCUT2D eigenvalue weighted by atomic mass is 10.1. The van der Waals surface area contributed by atoms with Crippen LogP contribution in [0.3, 0.4) is 0 Å². The minimum atomic E-state index is -0.0415. The van der Waals surface area contributed by atoms with Crippen LogP contribution in [0.1, 0.15) is 15.9 Å². The van der Waals surface area contributed by atoms with Crippen molar-refractivity contribution < 1.29 is 4.79 Å². The summed E-state index contributed by atoms with van der Waals surface area (Å²) in [6.45, 7) is 0.561. The molecule has 0 spiro atoms. The molecule has 2 aromatic heterocycles. The molecule has 2 heterocycles. The van der Waals surface area contributed by atoms with Crippen molar-refractivity contribution in [2.24, 2.45) is 0 Å². The Bertz CT molecular complexity index is 1310. The smallest absolute Gasteiger partial charge is 0.260 e. The molecule has 0 saturated carbocycles. The van der Waals surface area contributed by atoms with Gasteiger partial charge in [-0.25, -0.2) is 9.97 Å². The molecule has 0 radical (unpaired) electrons. The van der Waals surface area contributed by atoms with Gasteiger partial charge in [0.25, 0.3) is 5.91 Å². The number of benzene rings is 3. The van der Waals surface area contributed by atoms with Crippen molar-refractivity contribution in [3.05, 3.63) is 101 Å². The molecule has 0 saturated heterocycles. The fourth-order valence-corrected chi connectivity index (χ4v) is 5.02. The van der Waals surface area contributed by atoms with E-state index in [1.54, 1.807) is 21.7 Å². The molecule has 4 nitrogen and oxygen atoms in total. The molecule has 0 fully saturated rings. The Balaban J connectivity index is 1.48. The number of carbonyl (C=O) groups excluding carboxylic acids is 1. The Hall–Kier alpha value is -3.35. The molecule has 0 aliphatic heterocycles. The number of rotatable bonds is 6. The lowest BCUT2D eigenvalue weighted by Gasteiger charge is -2.20. The third-order valence-electron chi connectivity index (χ3n) is 5.08. The first-order valence-corrected chi connectivity index (χ1v) is 11.7. The van der Waals surface area contributed by atoms with Crippen LogP contribution in [0.15, 0.2) is 89.8 Å². The normalized spacial score (nSPS) is 11.0. The predicted octanol–water partition coefficient (Wildman–Crippen LogP) is 6.31. The zero-order valence-corrected chi connectivity index (χ0v) is 18.3. The van der Waals surface area contributed by atoms with E-state index < -0.39 is 0 Å². The topological polar surface area (TPSA) is 46.1 Å². The SMILES string of the molecule is O=C(c1ccc2ncsc2c1)N(CCc1ccccc1)c1nc(-c2ccccc2)cs1. The summed E-state index contributed by atoms with van der Waals surface area (Å²) < 4.78 is 1.01. The number of hydrogen-bond donors (Lipinski definition) is 0. The molecule has 152 valence electrons. The molecular formula is C25H19N3OS2. The van der Waals surface area contributed by atoms with Crippen molar-refractivity contribution in [2.75, 3.05) is 11.4 Å². The number of thiazole rings is 2. The number of fused-ring (bicyclic) bond motifs is 1. The highest BCUT2D eigenvalue weighted by Gasteiger charge is 2.21. The van der Waals surface area contributed by atoms with Crippen molar-refractivity contribution in [2.45, 2.75) is 6.42 Å². The number of hydrogen-bond acceptors (Lipinski definition) is 5. The van der Waals surface area contributed by atoms with Crippen LogP contribution < -0.4 is 4.90 Å². The summed E-state index contributed by atoms with van der Waals surface area (Å²) in [5, 5.41) is 2.73. The molecule has 6 heteroatoms. The molecule has 5 aromatic rings. The lowest BCUT2D eigenvalue weighted by Crippen LogP contribution is -2.32. The second-order valence-corrected chi connectivity index (χ2v) is 8.83. The predicted molar refractivity (Wildman–Crippen MR) is 129 cm³/mol. The van der Waals surface area contributed by atoms with Gasteiger partial charge in [-0.3, -0.25) is 9.69 Å². The van der Waals surface area contributed by atoms with E-state index in [0.29, 0.717) is 17.2 Å². The fraction of sp³-hybridized carbons (Fsp3) is 0.0800. The van der Waals surface area contributed by atoms with Gasteiger partial charge in [0, 0.05) is 23.1 Å². The van der Waals surface area contributed by atoms with E-state index in [2.05, 4.69) is 17.1 Å². The summed E-state index contributed by atoms with van der Waals surface area (Å²) in [6.07, 6.45) is 0.760. The van der Waals surface area contributed by atoms with E-state index in [0.717, 1.165) is 27.9 Å². The van der Waals surface area contributed by atoms with Gasteiger partial charge in [0.15, 0.2) is 5.13 Å². The highest BCUT2D eigenvalue weighted by Crippen LogP contribution is 2.29. The average Bonchev–Trinajstić information content (AvgIpc) is 3.50. The Morgan fingerprint density at radius 3 is 2.48 bits per heavy atom. The van der Waals surface area contributed by atoms with E-state index in [1.165, 1.54) is 16.9 Å². The molecule has 0 aliphatic carbocycles. The average molecular weight is 442 g/mol. The van der Waals surface area contributed by atoms with Crippen molar-refractivity contribution in [3.8, 4) is 11.3 Å². The van der Waals surface area contributed by atoms with Gasteiger partial charge in [-0.1, -0.05) is 60.7 Å². The molecule has 0 aliphatic rings. The highest BCUT2D eigenvalue weighted by molar-refractivity contribution is 7.16. The number of aromatic nitrogens is 2. The van der Waals surface area contributed by atoms with Crippen LogP contribution >= 0.6 is 22.7 Å². The second-order valence-electron chi connectivity index (χ2n) is 7.11. The number of carbonyl (C=O) groups is 1. The van der Waals surface area contributed by atoms with Gasteiger partial charge in [-0.05, 0) is 30.2 Å². The summed E-state index contributed by atoms with van der Waals surface area (Å²) in [6, 6.07) is 26.0. The van der Waals surface area contributed by atoms with Gasteiger partial charge in [-0.2, -0.15) is 0 Å². The van der Waals surface area contributed by atoms with Gasteiger partial charge in [0.05, 0.1) is 21.4 Å². The zero-order chi connectivity index (χ0) is 21.0. The van der Waals surface area contributed by atoms with Crippen LogP contribution in [0.5, 0.6) is 0 Å². The molecule has 1 amide bonds. The number of anilines is 1. The molecule has 0 unspecified atom stereocenters. The van der Waals surface area contributed by atoms with E-state index >= 15 is 0 Å². The summed E-state index contributed by atoms with van der Waals surface area (Å²) in [7, 11) is 0. The van der Waals surface area contributed by atoms with Gasteiger partial charge in [0.1, 0.15) is 0 Å². The molecule has 0 atom stereocenters. The van der Waals surface area contributed by atoms with Gasteiger partial charge in [-0.15, -0.1) is 22.7 Å². The Morgan fingerprint density at radius 2 is 1.68 bits per heavy atom. The molecular weight excluding hydrogens is 422 g/mol. The first kappa shape index (κ1) is 19.6. The number of nitrogens with zero attached hydrogens (tertiary/aromatic N) is 3. The minimum absolute atomic E-state index is 0.0415. The quantitative estimate of drug-likeness (QED) is 0.310. The van der Waals surface area contributed by atoms with Gasteiger partial charge < -0.3 is 0 Å². The zero-order valence-electron chi connectivity index (χ0n) is 16.6. The first-order valence-electron chi connectivity index (χ1n) is 9.98. The van der Waals surface area contributed by atoms with Crippen LogP contribution in [-0.2, 0) is 6.42 Å². The minimum Gasteiger partial charge on any atom is -0.284 e. The first-order chi connectivity index (χ1) is 15.3. The van der Waals surface area contributed by atoms with E-state index in [-0.39, 0.29) is 5.91 Å². The maximum absolute atomic E-state index is 13.6. The summed E-state index contributed by atoms with van der Waals surface area (Å²) >= 11 is 3.04. The van der Waals surface area contributed by atoms with E-state index in [9.17, 15) is 4.79 Å². The van der Waals surface area contributed by atoms with Crippen LogP contribution in [0.2, 0.25) is 0 Å². The van der Waals surface area contributed by atoms with Crippen molar-refractivity contribution in [1.29, 1.82) is 0 Å². The molecule has 31 heavy (non-hydrogen) atoms. The third kappa shape index (κ3) is 4.26. The Morgan fingerprint density at radius 1 is 0.903 bits per heavy atom. The molecule has 3 aromatic carbocycles. The Kier molecular flexibility index (Phi) is 5.56. The number of amides is 1. The van der Waals surface area contributed by atoms with Crippen LogP contribution in [0.25, 0.3) is 21.5 Å². The standard InChI is InChI=1S/C25H19N3OS2/c29-24(20-11-12-21-23(15-20)31-17-26-21)28(14-13-18-7-3-1-4-8-18)25-27-22(16-30-25)19-9-5-2-6-10-19/h1-12,15-17H,13-14H2. The van der Waals surface area contributed by atoms with Gasteiger partial charge in [0.2, 0.25) is 0 Å². The van der Waals surface area contributed by atoms with Crippen molar-refractivity contribution in [3.63, 3.8) is 0 Å². The monoisotopic (exact) mass is 441 g/mol. The van der Waals surface area contributed by atoms with E-state index in [1.807, 2.05) is 72.1 Å². The molecule has 0 N–H and O–H groups in total. The van der Waals surface area contributed by atoms with Crippen molar-refractivity contribution in [1.82, 2.24) is 9.97 Å². The highest BCUT2D eigenvalue weighted by atomic mass is 32.1. The molecule has 5 rings (SSSR count). The second kappa shape index (κ2) is 8.79. The largest absolute Gasteiger partial charge is 0.284 e. The van der Waals surface area contributed by atoms with Crippen molar-refractivity contribution >= 4 is 43.9 Å². The summed E-state index contributed by atoms with van der Waals surface area (Å²) in [5.41, 5.74) is 6.50. The van der Waals surface area contributed by atoms with Crippen LogP contribution in [0.4, 0.5) is 5.13 Å². The van der Waals surface area contributed by atoms with Crippen LogP contribution in [-0.4, -0.2) is 22.4 Å². The lowest BCUT2D eigenvalue weighted by molar-refractivity contribution is 0.0987. The van der Waals surface area contributed by atoms with Gasteiger partial charge >= 0.3 is 0 Å². The van der Waals surface area contributed by atoms with Crippen LogP contribution in [0, 0.1) is 0 Å². The third-order valence-corrected chi connectivity index (χ3v) is 6.74. The summed E-state index contributed by atoms with van der Waals surface area (Å²) in [4.78, 5) is 24.5. The molecule has 0 bridgehead atoms. The van der Waals surface area contributed by atoms with E-state index in [4.69, 9.17) is 4.98 Å².